The van der Waals surface area contributed by atoms with E-state index in [0.717, 1.165) is 0 Å². The Hall–Kier alpha value is -1.94. The smallest absolute Gasteiger partial charge is 0.250 e. The molecule has 0 bridgehead atoms. The topological polar surface area (TPSA) is 67.8 Å². The molecule has 1 aromatic carbocycles. The number of ether oxygens (including phenoxy) is 2. The van der Waals surface area contributed by atoms with Crippen molar-refractivity contribution in [2.45, 2.75) is 6.42 Å². The molecule has 0 radical (unpaired) electrons. The Morgan fingerprint density at radius 2 is 2.24 bits per heavy atom. The molecule has 0 aliphatic heterocycles. The average molecular weight is 295 g/mol. The van der Waals surface area contributed by atoms with E-state index >= 15 is 0 Å². The maximum Gasteiger partial charge on any atom is 0.250 e. The summed E-state index contributed by atoms with van der Waals surface area (Å²) in [7, 11) is 1.53. The van der Waals surface area contributed by atoms with Gasteiger partial charge in [0.05, 0.1) is 25.5 Å². The third-order valence-corrected chi connectivity index (χ3v) is 2.38. The van der Waals surface area contributed by atoms with Gasteiger partial charge >= 0.3 is 0 Å². The second kappa shape index (κ2) is 9.88. The minimum atomic E-state index is -0.573. The van der Waals surface area contributed by atoms with Crippen LogP contribution in [0.15, 0.2) is 18.2 Å². The Kier molecular flexibility index (Phi) is 8.05. The Morgan fingerprint density at radius 3 is 2.90 bits per heavy atom. The van der Waals surface area contributed by atoms with Crippen molar-refractivity contribution >= 4 is 11.6 Å². The van der Waals surface area contributed by atoms with Crippen LogP contribution in [0.1, 0.15) is 12.0 Å². The minimum absolute atomic E-state index is 0.0350. The van der Waals surface area contributed by atoms with Gasteiger partial charge in [-0.2, -0.15) is 0 Å². The molecule has 1 amide bonds. The molecule has 0 heterocycles. The lowest BCUT2D eigenvalue weighted by molar-refractivity contribution is -0.121. The van der Waals surface area contributed by atoms with Crippen LogP contribution in [0.5, 0.6) is 0 Å². The van der Waals surface area contributed by atoms with Crippen molar-refractivity contribution < 1.29 is 23.8 Å². The van der Waals surface area contributed by atoms with Gasteiger partial charge in [-0.25, -0.2) is 4.39 Å². The highest BCUT2D eigenvalue weighted by molar-refractivity contribution is 5.91. The van der Waals surface area contributed by atoms with Gasteiger partial charge in [-0.15, -0.1) is 0 Å². The second-order valence-electron chi connectivity index (χ2n) is 4.06. The quantitative estimate of drug-likeness (QED) is 0.585. The molecule has 1 aromatic rings. The molecule has 0 spiro atoms. The molecule has 0 unspecified atom stereocenters. The van der Waals surface area contributed by atoms with Crippen LogP contribution in [0.3, 0.4) is 0 Å². The predicted octanol–water partition coefficient (Wildman–Crippen LogP) is 1.16. The molecule has 5 nitrogen and oxygen atoms in total. The van der Waals surface area contributed by atoms with E-state index < -0.39 is 11.7 Å². The van der Waals surface area contributed by atoms with Crippen LogP contribution in [0.25, 0.3) is 0 Å². The summed E-state index contributed by atoms with van der Waals surface area (Å²) in [6.45, 7) is 0.488. The molecule has 0 aliphatic rings. The van der Waals surface area contributed by atoms with Gasteiger partial charge in [0.1, 0.15) is 12.4 Å². The van der Waals surface area contributed by atoms with Crippen LogP contribution < -0.4 is 5.32 Å². The van der Waals surface area contributed by atoms with Crippen molar-refractivity contribution in [3.05, 3.63) is 29.6 Å². The number of hydrogen-bond acceptors (Lipinski definition) is 4. The number of rotatable bonds is 7. The highest BCUT2D eigenvalue weighted by atomic mass is 19.1. The lowest BCUT2D eigenvalue weighted by Gasteiger charge is -2.07. The molecule has 0 fully saturated rings. The number of benzene rings is 1. The molecule has 2 N–H and O–H groups in total. The fourth-order valence-corrected chi connectivity index (χ4v) is 1.41. The van der Waals surface area contributed by atoms with E-state index in [9.17, 15) is 9.18 Å². The van der Waals surface area contributed by atoms with Crippen LogP contribution >= 0.6 is 0 Å². The van der Waals surface area contributed by atoms with Gasteiger partial charge in [0, 0.05) is 19.1 Å². The number of nitrogens with one attached hydrogen (secondary N) is 1. The highest BCUT2D eigenvalue weighted by Gasteiger charge is 2.07. The molecule has 0 saturated heterocycles. The zero-order valence-corrected chi connectivity index (χ0v) is 11.8. The largest absolute Gasteiger partial charge is 0.395 e. The number of halogens is 1. The van der Waals surface area contributed by atoms with Gasteiger partial charge < -0.3 is 19.9 Å². The molecule has 0 aliphatic carbocycles. The fraction of sp³-hybridized carbons (Fsp3) is 0.400. The van der Waals surface area contributed by atoms with E-state index in [1.54, 1.807) is 6.07 Å². The Bertz CT molecular complexity index is 522. The van der Waals surface area contributed by atoms with E-state index in [0.29, 0.717) is 25.2 Å². The van der Waals surface area contributed by atoms with Crippen molar-refractivity contribution in [3.8, 4) is 11.8 Å². The molecule has 6 heteroatoms. The first kappa shape index (κ1) is 17.1. The first-order chi connectivity index (χ1) is 10.2. The van der Waals surface area contributed by atoms with E-state index in [4.69, 9.17) is 14.6 Å². The van der Waals surface area contributed by atoms with Crippen LogP contribution in [0.2, 0.25) is 0 Å². The van der Waals surface area contributed by atoms with E-state index in [1.165, 1.54) is 19.2 Å². The summed E-state index contributed by atoms with van der Waals surface area (Å²) in [5.74, 6) is 4.39. The summed E-state index contributed by atoms with van der Waals surface area (Å²) >= 11 is 0. The molecule has 114 valence electrons. The SMILES string of the molecule is COCCOCC(=O)Nc1ccc(C#CCCO)cc1F. The first-order valence-electron chi connectivity index (χ1n) is 6.43. The Balaban J connectivity index is 2.52. The molecule has 1 rings (SSSR count). The van der Waals surface area contributed by atoms with Crippen molar-refractivity contribution in [3.63, 3.8) is 0 Å². The van der Waals surface area contributed by atoms with Crippen molar-refractivity contribution in [2.24, 2.45) is 0 Å². The zero-order chi connectivity index (χ0) is 15.5. The summed E-state index contributed by atoms with van der Waals surface area (Å²) in [6.07, 6.45) is 0.332. The summed E-state index contributed by atoms with van der Waals surface area (Å²) in [6, 6.07) is 4.26. The van der Waals surface area contributed by atoms with Crippen molar-refractivity contribution in [2.75, 3.05) is 38.9 Å². The lowest BCUT2D eigenvalue weighted by Crippen LogP contribution is -2.20. The zero-order valence-electron chi connectivity index (χ0n) is 11.8. The third-order valence-electron chi connectivity index (χ3n) is 2.38. The number of amides is 1. The molecule has 0 aromatic heterocycles. The Labute approximate surface area is 123 Å². The molecule has 0 saturated carbocycles. The summed E-state index contributed by atoms with van der Waals surface area (Å²) in [5.41, 5.74) is 0.554. The lowest BCUT2D eigenvalue weighted by atomic mass is 10.2. The van der Waals surface area contributed by atoms with Crippen LogP contribution in [0.4, 0.5) is 10.1 Å². The second-order valence-corrected chi connectivity index (χ2v) is 4.06. The van der Waals surface area contributed by atoms with Crippen molar-refractivity contribution in [1.82, 2.24) is 0 Å². The van der Waals surface area contributed by atoms with Crippen LogP contribution in [-0.2, 0) is 14.3 Å². The highest BCUT2D eigenvalue weighted by Crippen LogP contribution is 2.15. The number of anilines is 1. The molecular formula is C15H18FNO4. The van der Waals surface area contributed by atoms with Crippen LogP contribution in [-0.4, -0.2) is 44.6 Å². The maximum atomic E-state index is 13.8. The van der Waals surface area contributed by atoms with E-state index in [2.05, 4.69) is 17.2 Å². The van der Waals surface area contributed by atoms with Gasteiger partial charge in [-0.05, 0) is 18.2 Å². The number of hydrogen-bond donors (Lipinski definition) is 2. The third kappa shape index (κ3) is 6.86. The number of carbonyl (C=O) groups excluding carboxylic acids is 1. The predicted molar refractivity (Wildman–Crippen MR) is 76.3 cm³/mol. The van der Waals surface area contributed by atoms with Gasteiger partial charge in [0.15, 0.2) is 0 Å². The van der Waals surface area contributed by atoms with E-state index in [1.807, 2.05) is 0 Å². The van der Waals surface area contributed by atoms with Gasteiger partial charge in [0.25, 0.3) is 0 Å². The maximum absolute atomic E-state index is 13.8. The van der Waals surface area contributed by atoms with E-state index in [-0.39, 0.29) is 18.9 Å². The fourth-order valence-electron chi connectivity index (χ4n) is 1.41. The molecular weight excluding hydrogens is 277 g/mol. The standard InChI is InChI=1S/C15H18FNO4/c1-20-8-9-21-11-15(19)17-14-6-5-12(10-13(14)16)4-2-3-7-18/h5-6,10,18H,3,7-9,11H2,1H3,(H,17,19). The number of methoxy groups -OCH3 is 1. The summed E-state index contributed by atoms with van der Waals surface area (Å²) in [4.78, 5) is 11.5. The molecule has 21 heavy (non-hydrogen) atoms. The number of aliphatic hydroxyl groups is 1. The summed E-state index contributed by atoms with van der Waals surface area (Å²) < 4.78 is 23.6. The van der Waals surface area contributed by atoms with Crippen LogP contribution in [0, 0.1) is 17.7 Å². The Morgan fingerprint density at radius 1 is 1.43 bits per heavy atom. The summed E-state index contributed by atoms with van der Waals surface area (Å²) in [5, 5.41) is 11.0. The minimum Gasteiger partial charge on any atom is -0.395 e. The first-order valence-corrected chi connectivity index (χ1v) is 6.43. The van der Waals surface area contributed by atoms with Crippen molar-refractivity contribution in [1.29, 1.82) is 0 Å². The average Bonchev–Trinajstić information content (AvgIpc) is 2.47. The van der Waals surface area contributed by atoms with Gasteiger partial charge in [-0.3, -0.25) is 4.79 Å². The number of carbonyl (C=O) groups is 1. The molecule has 0 atom stereocenters. The number of aliphatic hydroxyl groups excluding tert-OH is 1. The monoisotopic (exact) mass is 295 g/mol. The normalized spacial score (nSPS) is 9.86. The van der Waals surface area contributed by atoms with Gasteiger partial charge in [-0.1, -0.05) is 11.8 Å². The van der Waals surface area contributed by atoms with Gasteiger partial charge in [0.2, 0.25) is 5.91 Å².